The predicted molar refractivity (Wildman–Crippen MR) is 234 cm³/mol. The summed E-state index contributed by atoms with van der Waals surface area (Å²) in [6.45, 7) is 6.24. The van der Waals surface area contributed by atoms with Gasteiger partial charge in [0.2, 0.25) is 0 Å². The second-order valence-electron chi connectivity index (χ2n) is 15.0. The van der Waals surface area contributed by atoms with Crippen LogP contribution in [0, 0.1) is 10.1 Å². The van der Waals surface area contributed by atoms with Crippen molar-refractivity contribution < 1.29 is 32.4 Å². The van der Waals surface area contributed by atoms with Crippen LogP contribution in [0.1, 0.15) is 39.1 Å². The van der Waals surface area contributed by atoms with E-state index in [1.807, 2.05) is 59.1 Å². The van der Waals surface area contributed by atoms with Crippen LogP contribution in [0.15, 0.2) is 106 Å². The Morgan fingerprint density at radius 2 is 1.70 bits per heavy atom. The monoisotopic (exact) mass is 874 g/mol. The molecule has 0 spiro atoms. The number of benzene rings is 4. The average Bonchev–Trinajstić information content (AvgIpc) is 3.27. The Bertz CT molecular complexity index is 2320. The van der Waals surface area contributed by atoms with E-state index in [-0.39, 0.29) is 29.5 Å². The van der Waals surface area contributed by atoms with Gasteiger partial charge in [-0.2, -0.15) is 0 Å². The van der Waals surface area contributed by atoms with Crippen molar-refractivity contribution in [2.24, 2.45) is 0 Å². The fourth-order valence-electron chi connectivity index (χ4n) is 7.46. The zero-order valence-corrected chi connectivity index (χ0v) is 35.6. The number of anilines is 2. The first kappa shape index (κ1) is 43.1. The molecule has 14 nitrogen and oxygen atoms in total. The van der Waals surface area contributed by atoms with Crippen molar-refractivity contribution >= 4 is 67.9 Å². The summed E-state index contributed by atoms with van der Waals surface area (Å²) in [6.07, 6.45) is 1.43. The summed E-state index contributed by atoms with van der Waals surface area (Å²) in [6, 6.07) is 25.8. The number of thioether (sulfide) groups is 1. The van der Waals surface area contributed by atoms with Crippen molar-refractivity contribution in [3.63, 3.8) is 0 Å². The van der Waals surface area contributed by atoms with Crippen LogP contribution >= 0.6 is 23.4 Å². The van der Waals surface area contributed by atoms with E-state index in [2.05, 4.69) is 27.2 Å². The minimum atomic E-state index is -4.69. The number of nitro benzene ring substituents is 1. The van der Waals surface area contributed by atoms with Crippen LogP contribution in [0.4, 0.5) is 17.1 Å². The topological polar surface area (TPSA) is 164 Å². The highest BCUT2D eigenvalue weighted by molar-refractivity contribution is 7.99. The normalized spacial score (nSPS) is 18.5. The van der Waals surface area contributed by atoms with Crippen LogP contribution < -0.4 is 14.9 Å². The number of carbonyl (C=O) groups excluding carboxylic acids is 2. The molecule has 7 rings (SSSR count). The van der Waals surface area contributed by atoms with Gasteiger partial charge in [0.1, 0.15) is 12.3 Å². The third kappa shape index (κ3) is 10.8. The van der Waals surface area contributed by atoms with Gasteiger partial charge in [0.25, 0.3) is 21.6 Å². The third-order valence-electron chi connectivity index (χ3n) is 10.8. The molecule has 0 saturated carbocycles. The van der Waals surface area contributed by atoms with E-state index in [0.717, 1.165) is 61.9 Å². The molecule has 0 radical (unpaired) electrons. The molecule has 0 bridgehead atoms. The highest BCUT2D eigenvalue weighted by Crippen LogP contribution is 2.35. The molecular weight excluding hydrogens is 828 g/mol. The molecule has 0 unspecified atom stereocenters. The quantitative estimate of drug-likeness (QED) is 0.0735. The molecule has 4 aromatic carbocycles. The lowest BCUT2D eigenvalue weighted by Gasteiger charge is -2.37. The number of nitrogens with one attached hydrogen (secondary N) is 2. The van der Waals surface area contributed by atoms with Crippen molar-refractivity contribution in [2.45, 2.75) is 28.7 Å². The van der Waals surface area contributed by atoms with E-state index < -0.39 is 37.4 Å². The van der Waals surface area contributed by atoms with Crippen LogP contribution in [0.3, 0.4) is 0 Å². The van der Waals surface area contributed by atoms with Gasteiger partial charge in [0.15, 0.2) is 0 Å². The predicted octanol–water partition coefficient (Wildman–Crippen LogP) is 6.43. The van der Waals surface area contributed by atoms with Gasteiger partial charge >= 0.3 is 5.97 Å². The van der Waals surface area contributed by atoms with E-state index in [4.69, 9.17) is 21.1 Å². The Morgan fingerprint density at radius 1 is 0.967 bits per heavy atom. The fourth-order valence-corrected chi connectivity index (χ4v) is 9.60. The standard InChI is InChI=1S/C43H47ClN6O8S2/c1-47-17-15-34(29-59-36-5-3-2-4-6-36)45-41-39(43(52)58-24-22-47)25-37(26-40(41)50(53)54)60(55,56)46-42(51)31-9-13-35(14-10-31)49-20-18-48(19-21-49)27-32-28-57-23-16-38(32)30-7-11-33(44)12-8-30/h2-14,25-26,34,45H,15-24,27-29H2,1H3,(H,46,51)/t34-/m1/s1. The Morgan fingerprint density at radius 3 is 2.42 bits per heavy atom. The Labute approximate surface area is 359 Å². The van der Waals surface area contributed by atoms with Crippen molar-refractivity contribution in [3.8, 4) is 0 Å². The highest BCUT2D eigenvalue weighted by Gasteiger charge is 2.32. The van der Waals surface area contributed by atoms with Crippen LogP contribution in [0.2, 0.25) is 5.02 Å². The average molecular weight is 875 g/mol. The molecule has 0 aliphatic carbocycles. The van der Waals surface area contributed by atoms with Gasteiger partial charge in [-0.3, -0.25) is 19.8 Å². The minimum absolute atomic E-state index is 0.00886. The third-order valence-corrected chi connectivity index (χ3v) is 13.6. The molecule has 1 saturated heterocycles. The van der Waals surface area contributed by atoms with E-state index in [1.54, 1.807) is 36.0 Å². The number of fused-ring (bicyclic) bond motifs is 1. The van der Waals surface area contributed by atoms with Gasteiger partial charge in [-0.25, -0.2) is 17.9 Å². The van der Waals surface area contributed by atoms with Gasteiger partial charge < -0.3 is 24.6 Å². The number of hydrogen-bond donors (Lipinski definition) is 2. The highest BCUT2D eigenvalue weighted by atomic mass is 35.5. The molecule has 1 fully saturated rings. The van der Waals surface area contributed by atoms with Crippen molar-refractivity contribution in [1.82, 2.24) is 14.5 Å². The molecule has 3 aliphatic heterocycles. The number of esters is 1. The second-order valence-corrected chi connectivity index (χ2v) is 18.2. The molecule has 17 heteroatoms. The summed E-state index contributed by atoms with van der Waals surface area (Å²) >= 11 is 7.68. The number of piperazine rings is 1. The number of hydrogen-bond acceptors (Lipinski definition) is 13. The number of amides is 1. The molecule has 1 atom stereocenters. The molecule has 60 heavy (non-hydrogen) atoms. The van der Waals surface area contributed by atoms with Crippen LogP contribution in [-0.2, 0) is 19.5 Å². The fraction of sp³-hybridized carbons (Fsp3) is 0.349. The number of carbonyl (C=O) groups is 2. The Kier molecular flexibility index (Phi) is 14.1. The largest absolute Gasteiger partial charge is 0.461 e. The molecule has 316 valence electrons. The zero-order chi connectivity index (χ0) is 42.2. The van der Waals surface area contributed by atoms with Crippen molar-refractivity contribution in [3.05, 3.63) is 128 Å². The number of halogens is 1. The number of rotatable bonds is 11. The lowest BCUT2D eigenvalue weighted by Crippen LogP contribution is -2.47. The Hall–Kier alpha value is -4.97. The van der Waals surface area contributed by atoms with E-state index in [9.17, 15) is 28.1 Å². The van der Waals surface area contributed by atoms with E-state index in [1.165, 1.54) is 16.7 Å². The first-order chi connectivity index (χ1) is 28.9. The van der Waals surface area contributed by atoms with E-state index >= 15 is 0 Å². The van der Waals surface area contributed by atoms with Gasteiger partial charge in [0.05, 0.1) is 28.6 Å². The molecule has 3 aliphatic rings. The summed E-state index contributed by atoms with van der Waals surface area (Å²) in [5, 5.41) is 16.4. The summed E-state index contributed by atoms with van der Waals surface area (Å²) < 4.78 is 40.8. The first-order valence-corrected chi connectivity index (χ1v) is 22.6. The summed E-state index contributed by atoms with van der Waals surface area (Å²) in [4.78, 5) is 45.6. The van der Waals surface area contributed by atoms with Gasteiger partial charge in [0, 0.05) is 78.3 Å². The first-order valence-electron chi connectivity index (χ1n) is 19.7. The number of nitro groups is 1. The van der Waals surface area contributed by atoms with Crippen LogP contribution in [0.5, 0.6) is 0 Å². The summed E-state index contributed by atoms with van der Waals surface area (Å²) in [5.41, 5.74) is 3.62. The number of nitrogens with zero attached hydrogens (tertiary/aromatic N) is 4. The SMILES string of the molecule is CN1CCOC(=O)c2cc(S(=O)(=O)NC(=O)c3ccc(N4CCN(CC5=C(c6ccc(Cl)cc6)CCOC5)CC4)cc3)cc([N+](=O)[O-])c2N[C@@H](CSc2ccccc2)CC1. The van der Waals surface area contributed by atoms with Crippen molar-refractivity contribution in [2.75, 3.05) is 88.7 Å². The van der Waals surface area contributed by atoms with Crippen LogP contribution in [0.25, 0.3) is 5.57 Å². The molecule has 3 heterocycles. The maximum atomic E-state index is 13.7. The van der Waals surface area contributed by atoms with Gasteiger partial charge in [-0.15, -0.1) is 11.8 Å². The number of sulfonamides is 1. The number of likely N-dealkylation sites (N-methyl/N-ethyl adjacent to an activating group) is 1. The zero-order valence-electron chi connectivity index (χ0n) is 33.2. The maximum Gasteiger partial charge on any atom is 0.340 e. The van der Waals surface area contributed by atoms with Gasteiger partial charge in [-0.1, -0.05) is 41.9 Å². The molecule has 1 amide bonds. The second kappa shape index (κ2) is 19.6. The minimum Gasteiger partial charge on any atom is -0.461 e. The lowest BCUT2D eigenvalue weighted by molar-refractivity contribution is -0.384. The smallest absolute Gasteiger partial charge is 0.340 e. The summed E-state index contributed by atoms with van der Waals surface area (Å²) in [7, 11) is -2.81. The van der Waals surface area contributed by atoms with Gasteiger partial charge in [-0.05, 0) is 97.7 Å². The maximum absolute atomic E-state index is 13.7. The lowest BCUT2D eigenvalue weighted by atomic mass is 9.95. The summed E-state index contributed by atoms with van der Waals surface area (Å²) in [5.74, 6) is -1.34. The molecule has 2 N–H and O–H groups in total. The molecule has 0 aromatic heterocycles. The number of ether oxygens (including phenoxy) is 2. The Balaban J connectivity index is 1.03. The molecule has 4 aromatic rings. The van der Waals surface area contributed by atoms with Crippen molar-refractivity contribution in [1.29, 1.82) is 0 Å². The molecular formula is C43H47ClN6O8S2. The van der Waals surface area contributed by atoms with E-state index in [0.29, 0.717) is 43.5 Å². The number of cyclic esters (lactones) is 1. The van der Waals surface area contributed by atoms with Crippen LogP contribution in [-0.4, -0.2) is 119 Å².